The number of aromatic nitrogens is 1. The fraction of sp³-hybridized carbons (Fsp3) is 0.300. The van der Waals surface area contributed by atoms with Gasteiger partial charge in [0.15, 0.2) is 17.6 Å². The normalized spacial score (nSPS) is 14.5. The Kier molecular flexibility index (Phi) is 5.13. The number of aryl methyl sites for hydroxylation is 1. The van der Waals surface area contributed by atoms with Crippen molar-refractivity contribution in [3.8, 4) is 5.75 Å². The predicted octanol–water partition coefficient (Wildman–Crippen LogP) is 3.61. The number of piperazine rings is 1. The highest BCUT2D eigenvalue weighted by atomic mass is 32.1. The fourth-order valence-corrected chi connectivity index (χ4v) is 4.16. The van der Waals surface area contributed by atoms with E-state index in [1.54, 1.807) is 4.90 Å². The molecular weight excluding hydrogens is 384 g/mol. The summed E-state index contributed by atoms with van der Waals surface area (Å²) in [6.45, 7) is 4.21. The summed E-state index contributed by atoms with van der Waals surface area (Å²) in [5.74, 6) is -0.664. The van der Waals surface area contributed by atoms with Gasteiger partial charge in [-0.15, -0.1) is 0 Å². The number of hydrogen-bond acceptors (Lipinski definition) is 5. The van der Waals surface area contributed by atoms with Gasteiger partial charge in [0.2, 0.25) is 0 Å². The van der Waals surface area contributed by atoms with Crippen molar-refractivity contribution in [3.05, 3.63) is 53.6 Å². The molecule has 146 valence electrons. The lowest BCUT2D eigenvalue weighted by Crippen LogP contribution is -2.50. The lowest BCUT2D eigenvalue weighted by molar-refractivity contribution is -0.133. The van der Waals surface area contributed by atoms with E-state index >= 15 is 0 Å². The minimum absolute atomic E-state index is 0.00527. The van der Waals surface area contributed by atoms with Crippen molar-refractivity contribution in [3.63, 3.8) is 0 Å². The largest absolute Gasteiger partial charge is 0.484 e. The molecule has 0 N–H and O–H groups in total. The van der Waals surface area contributed by atoms with Gasteiger partial charge in [-0.25, -0.2) is 13.8 Å². The first kappa shape index (κ1) is 18.6. The molecule has 0 unspecified atom stereocenters. The van der Waals surface area contributed by atoms with E-state index in [0.717, 1.165) is 11.6 Å². The number of halogens is 2. The molecule has 4 rings (SSSR count). The average molecular weight is 403 g/mol. The highest BCUT2D eigenvalue weighted by Gasteiger charge is 2.24. The molecule has 0 spiro atoms. The van der Waals surface area contributed by atoms with Gasteiger partial charge in [-0.1, -0.05) is 29.0 Å². The predicted molar refractivity (Wildman–Crippen MR) is 105 cm³/mol. The van der Waals surface area contributed by atoms with Crippen molar-refractivity contribution in [1.82, 2.24) is 9.88 Å². The van der Waals surface area contributed by atoms with E-state index in [9.17, 15) is 13.6 Å². The maximum absolute atomic E-state index is 13.9. The van der Waals surface area contributed by atoms with E-state index in [4.69, 9.17) is 4.74 Å². The monoisotopic (exact) mass is 403 g/mol. The average Bonchev–Trinajstić information content (AvgIpc) is 3.12. The number of carbonyl (C=O) groups is 1. The molecule has 1 aromatic heterocycles. The van der Waals surface area contributed by atoms with E-state index in [1.807, 2.05) is 36.1 Å². The Hall–Kier alpha value is -2.74. The Morgan fingerprint density at radius 1 is 1.14 bits per heavy atom. The first-order chi connectivity index (χ1) is 13.5. The molecule has 5 nitrogen and oxygen atoms in total. The minimum atomic E-state index is -0.653. The van der Waals surface area contributed by atoms with Crippen molar-refractivity contribution < 1.29 is 18.3 Å². The third-order valence-electron chi connectivity index (χ3n) is 4.69. The zero-order valence-electron chi connectivity index (χ0n) is 15.3. The summed E-state index contributed by atoms with van der Waals surface area (Å²) in [5.41, 5.74) is 1.32. The van der Waals surface area contributed by atoms with E-state index in [0.29, 0.717) is 41.8 Å². The molecule has 1 amide bonds. The molecule has 2 aromatic carbocycles. The first-order valence-electron chi connectivity index (χ1n) is 8.97. The van der Waals surface area contributed by atoms with Crippen LogP contribution in [0.4, 0.5) is 13.9 Å². The maximum atomic E-state index is 13.9. The van der Waals surface area contributed by atoms with Crippen LogP contribution in [0.25, 0.3) is 10.2 Å². The summed E-state index contributed by atoms with van der Waals surface area (Å²) in [6.07, 6.45) is 0. The molecule has 0 bridgehead atoms. The van der Waals surface area contributed by atoms with Crippen LogP contribution < -0.4 is 9.64 Å². The van der Waals surface area contributed by atoms with Crippen LogP contribution in [0.15, 0.2) is 36.4 Å². The van der Waals surface area contributed by atoms with Gasteiger partial charge in [0, 0.05) is 32.2 Å². The number of amides is 1. The fourth-order valence-electron chi connectivity index (χ4n) is 3.10. The molecule has 3 aromatic rings. The van der Waals surface area contributed by atoms with Gasteiger partial charge in [0.05, 0.1) is 4.70 Å². The Labute approximate surface area is 165 Å². The molecule has 0 aliphatic carbocycles. The second-order valence-electron chi connectivity index (χ2n) is 6.70. The topological polar surface area (TPSA) is 45.7 Å². The lowest BCUT2D eigenvalue weighted by Gasteiger charge is -2.34. The van der Waals surface area contributed by atoms with Gasteiger partial charge >= 0.3 is 0 Å². The third-order valence-corrected chi connectivity index (χ3v) is 5.75. The van der Waals surface area contributed by atoms with E-state index < -0.39 is 11.6 Å². The van der Waals surface area contributed by atoms with Crippen LogP contribution in [-0.2, 0) is 4.79 Å². The molecule has 8 heteroatoms. The first-order valence-corrected chi connectivity index (χ1v) is 9.79. The van der Waals surface area contributed by atoms with Crippen LogP contribution in [0.2, 0.25) is 0 Å². The molecule has 2 heterocycles. The summed E-state index contributed by atoms with van der Waals surface area (Å²) in [4.78, 5) is 20.4. The Morgan fingerprint density at radius 3 is 2.57 bits per heavy atom. The van der Waals surface area contributed by atoms with Crippen molar-refractivity contribution in [1.29, 1.82) is 0 Å². The van der Waals surface area contributed by atoms with Crippen molar-refractivity contribution in [2.45, 2.75) is 6.92 Å². The number of carbonyl (C=O) groups excluding carboxylic acids is 1. The molecule has 1 fully saturated rings. The molecule has 28 heavy (non-hydrogen) atoms. The molecule has 0 atom stereocenters. The Balaban J connectivity index is 1.34. The smallest absolute Gasteiger partial charge is 0.260 e. The van der Waals surface area contributed by atoms with E-state index in [1.165, 1.54) is 17.4 Å². The van der Waals surface area contributed by atoms with E-state index in [2.05, 4.69) is 4.98 Å². The zero-order chi connectivity index (χ0) is 19.7. The van der Waals surface area contributed by atoms with Gasteiger partial charge in [-0.2, -0.15) is 0 Å². The number of thiazole rings is 1. The molecule has 0 radical (unpaired) electrons. The van der Waals surface area contributed by atoms with E-state index in [-0.39, 0.29) is 18.0 Å². The van der Waals surface area contributed by atoms with Gasteiger partial charge in [-0.3, -0.25) is 4.79 Å². The number of ether oxygens (including phenoxy) is 1. The third kappa shape index (κ3) is 3.91. The van der Waals surface area contributed by atoms with Crippen molar-refractivity contribution in [2.75, 3.05) is 37.7 Å². The van der Waals surface area contributed by atoms with Crippen molar-refractivity contribution in [2.24, 2.45) is 0 Å². The second kappa shape index (κ2) is 7.71. The molecule has 1 aliphatic rings. The van der Waals surface area contributed by atoms with Crippen LogP contribution in [0.1, 0.15) is 5.56 Å². The highest BCUT2D eigenvalue weighted by molar-refractivity contribution is 7.22. The van der Waals surface area contributed by atoms with Crippen molar-refractivity contribution >= 4 is 32.6 Å². The number of anilines is 1. The summed E-state index contributed by atoms with van der Waals surface area (Å²) in [5, 5.41) is 0.641. The summed E-state index contributed by atoms with van der Waals surface area (Å²) < 4.78 is 33.3. The van der Waals surface area contributed by atoms with Gasteiger partial charge in [0.25, 0.3) is 5.91 Å². The molecular formula is C20H19F2N3O2S. The molecule has 0 saturated carbocycles. The van der Waals surface area contributed by atoms with Gasteiger partial charge < -0.3 is 14.5 Å². The highest BCUT2D eigenvalue weighted by Crippen LogP contribution is 2.31. The van der Waals surface area contributed by atoms with Gasteiger partial charge in [-0.05, 0) is 25.1 Å². The van der Waals surface area contributed by atoms with Crippen LogP contribution in [0, 0.1) is 18.6 Å². The van der Waals surface area contributed by atoms with Crippen LogP contribution in [0.5, 0.6) is 5.75 Å². The minimum Gasteiger partial charge on any atom is -0.484 e. The number of nitrogens with zero attached hydrogens (tertiary/aromatic N) is 3. The second-order valence-corrected chi connectivity index (χ2v) is 7.71. The van der Waals surface area contributed by atoms with Crippen LogP contribution in [-0.4, -0.2) is 48.6 Å². The Bertz CT molecular complexity index is 999. The zero-order valence-corrected chi connectivity index (χ0v) is 16.1. The summed E-state index contributed by atoms with van der Waals surface area (Å²) in [6, 6.07) is 9.69. The molecule has 1 saturated heterocycles. The quantitative estimate of drug-likeness (QED) is 0.668. The number of rotatable bonds is 4. The standard InChI is InChI=1S/C20H19F2N3O2S/c1-13-2-4-15(5-3-13)27-12-18(26)24-6-8-25(9-7-24)20-23-19-16(22)10-14(21)11-17(19)28-20/h2-5,10-11H,6-9,12H2,1H3. The number of fused-ring (bicyclic) bond motifs is 1. The van der Waals surface area contributed by atoms with Gasteiger partial charge in [0.1, 0.15) is 17.1 Å². The number of benzene rings is 2. The lowest BCUT2D eigenvalue weighted by atomic mass is 10.2. The SMILES string of the molecule is Cc1ccc(OCC(=O)N2CCN(c3nc4c(F)cc(F)cc4s3)CC2)cc1. The van der Waals surface area contributed by atoms with Crippen LogP contribution in [0.3, 0.4) is 0 Å². The van der Waals surface area contributed by atoms with Crippen LogP contribution >= 0.6 is 11.3 Å². The summed E-state index contributed by atoms with van der Waals surface area (Å²) in [7, 11) is 0. The molecule has 1 aliphatic heterocycles. The Morgan fingerprint density at radius 2 is 1.86 bits per heavy atom. The summed E-state index contributed by atoms with van der Waals surface area (Å²) >= 11 is 1.26. The maximum Gasteiger partial charge on any atom is 0.260 e. The number of hydrogen-bond donors (Lipinski definition) is 0.